The number of aromatic nitrogens is 2. The van der Waals surface area contributed by atoms with Crippen LogP contribution in [0.1, 0.15) is 12.5 Å². The van der Waals surface area contributed by atoms with E-state index in [-0.39, 0.29) is 0 Å². The second-order valence-electron chi connectivity index (χ2n) is 3.28. The van der Waals surface area contributed by atoms with Gasteiger partial charge in [0.1, 0.15) is 0 Å². The molecule has 0 fully saturated rings. The smallest absolute Gasteiger partial charge is 0.159 e. The molecule has 0 aliphatic heterocycles. The minimum absolute atomic E-state index is 0.726. The molecule has 0 unspecified atom stereocenters. The minimum Gasteiger partial charge on any atom is -0.236 e. The van der Waals surface area contributed by atoms with E-state index < -0.39 is 0 Å². The van der Waals surface area contributed by atoms with Gasteiger partial charge in [-0.15, -0.1) is 0 Å². The normalized spacial score (nSPS) is 10.3. The van der Waals surface area contributed by atoms with E-state index in [9.17, 15) is 0 Å². The average Bonchev–Trinajstić information content (AvgIpc) is 2.30. The maximum Gasteiger partial charge on any atom is 0.159 e. The Labute approximate surface area is 94.0 Å². The number of benzene rings is 1. The van der Waals surface area contributed by atoms with Gasteiger partial charge in [-0.1, -0.05) is 18.5 Å². The number of halogens is 1. The molecule has 1 aromatic heterocycles. The van der Waals surface area contributed by atoms with Crippen LogP contribution >= 0.6 is 11.6 Å². The Balaban J connectivity index is 2.33. The van der Waals surface area contributed by atoms with Crippen molar-refractivity contribution < 1.29 is 0 Å². The van der Waals surface area contributed by atoms with Gasteiger partial charge in [0.05, 0.1) is 0 Å². The molecule has 0 aliphatic rings. The van der Waals surface area contributed by atoms with Gasteiger partial charge in [-0.25, -0.2) is 9.97 Å². The van der Waals surface area contributed by atoms with Crippen molar-refractivity contribution in [1.82, 2.24) is 9.97 Å². The summed E-state index contributed by atoms with van der Waals surface area (Å²) in [6, 6.07) is 7.52. The van der Waals surface area contributed by atoms with Gasteiger partial charge < -0.3 is 0 Å². The van der Waals surface area contributed by atoms with Gasteiger partial charge in [0.25, 0.3) is 0 Å². The zero-order valence-electron chi connectivity index (χ0n) is 8.44. The van der Waals surface area contributed by atoms with Gasteiger partial charge >= 0.3 is 0 Å². The molecule has 2 nitrogen and oxygen atoms in total. The fraction of sp³-hybridized carbons (Fsp3) is 0.167. The molecule has 1 aromatic carbocycles. The number of rotatable bonds is 2. The van der Waals surface area contributed by atoms with Gasteiger partial charge in [-0.05, 0) is 36.2 Å². The molecule has 1 heterocycles. The van der Waals surface area contributed by atoms with E-state index >= 15 is 0 Å². The van der Waals surface area contributed by atoms with Crippen molar-refractivity contribution >= 4 is 11.6 Å². The Hall–Kier alpha value is -1.41. The molecule has 0 amide bonds. The molecule has 2 aromatic rings. The summed E-state index contributed by atoms with van der Waals surface area (Å²) in [5.41, 5.74) is 2.13. The number of hydrogen-bond acceptors (Lipinski definition) is 2. The maximum absolute atomic E-state index is 5.81. The molecule has 0 atom stereocenters. The van der Waals surface area contributed by atoms with E-state index in [1.54, 1.807) is 0 Å². The topological polar surface area (TPSA) is 25.8 Å². The predicted molar refractivity (Wildman–Crippen MR) is 61.9 cm³/mol. The third-order valence-corrected chi connectivity index (χ3v) is 2.47. The molecule has 3 heteroatoms. The highest BCUT2D eigenvalue weighted by Crippen LogP contribution is 2.17. The Morgan fingerprint density at radius 1 is 1.07 bits per heavy atom. The molecular formula is C12H11ClN2. The SMILES string of the molecule is CCc1cnc(-c2ccc(Cl)cc2)nc1. The first-order chi connectivity index (χ1) is 7.29. The summed E-state index contributed by atoms with van der Waals surface area (Å²) in [5.74, 6) is 0.740. The molecule has 15 heavy (non-hydrogen) atoms. The number of hydrogen-bond donors (Lipinski definition) is 0. The highest BCUT2D eigenvalue weighted by Gasteiger charge is 2.00. The van der Waals surface area contributed by atoms with Crippen molar-refractivity contribution in [3.05, 3.63) is 47.2 Å². The molecule has 0 radical (unpaired) electrons. The largest absolute Gasteiger partial charge is 0.236 e. The summed E-state index contributed by atoms with van der Waals surface area (Å²) < 4.78 is 0. The van der Waals surface area contributed by atoms with Crippen LogP contribution in [0.3, 0.4) is 0 Å². The lowest BCUT2D eigenvalue weighted by Gasteiger charge is -2.00. The average molecular weight is 219 g/mol. The van der Waals surface area contributed by atoms with Crippen molar-refractivity contribution in [2.24, 2.45) is 0 Å². The molecule has 2 rings (SSSR count). The Morgan fingerprint density at radius 3 is 2.20 bits per heavy atom. The van der Waals surface area contributed by atoms with Crippen LogP contribution in [0.4, 0.5) is 0 Å². The van der Waals surface area contributed by atoms with Crippen molar-refractivity contribution in [2.45, 2.75) is 13.3 Å². The summed E-state index contributed by atoms with van der Waals surface area (Å²) in [6.45, 7) is 2.08. The van der Waals surface area contributed by atoms with Crippen molar-refractivity contribution in [3.8, 4) is 11.4 Å². The van der Waals surface area contributed by atoms with Crippen LogP contribution in [0.15, 0.2) is 36.7 Å². The quantitative estimate of drug-likeness (QED) is 0.773. The standard InChI is InChI=1S/C12H11ClN2/c1-2-9-7-14-12(15-8-9)10-3-5-11(13)6-4-10/h3-8H,2H2,1H3. The molecular weight excluding hydrogens is 208 g/mol. The first kappa shape index (κ1) is 10.1. The van der Waals surface area contributed by atoms with E-state index in [1.165, 1.54) is 0 Å². The maximum atomic E-state index is 5.81. The number of aryl methyl sites for hydroxylation is 1. The second kappa shape index (κ2) is 4.41. The van der Waals surface area contributed by atoms with Crippen LogP contribution in [-0.2, 0) is 6.42 Å². The van der Waals surface area contributed by atoms with Crippen LogP contribution in [0.2, 0.25) is 5.02 Å². The zero-order valence-corrected chi connectivity index (χ0v) is 9.20. The molecule has 0 N–H and O–H groups in total. The predicted octanol–water partition coefficient (Wildman–Crippen LogP) is 3.36. The zero-order chi connectivity index (χ0) is 10.7. The molecule has 0 bridgehead atoms. The fourth-order valence-corrected chi connectivity index (χ4v) is 1.41. The van der Waals surface area contributed by atoms with Gasteiger partial charge in [-0.3, -0.25) is 0 Å². The van der Waals surface area contributed by atoms with Crippen LogP contribution in [0.5, 0.6) is 0 Å². The lowest BCUT2D eigenvalue weighted by molar-refractivity contribution is 1.05. The van der Waals surface area contributed by atoms with Gasteiger partial charge in [0.2, 0.25) is 0 Å². The first-order valence-electron chi connectivity index (χ1n) is 4.86. The van der Waals surface area contributed by atoms with Gasteiger partial charge in [-0.2, -0.15) is 0 Å². The third-order valence-electron chi connectivity index (χ3n) is 2.22. The highest BCUT2D eigenvalue weighted by atomic mass is 35.5. The van der Waals surface area contributed by atoms with E-state index in [4.69, 9.17) is 11.6 Å². The monoisotopic (exact) mass is 218 g/mol. The van der Waals surface area contributed by atoms with Crippen molar-refractivity contribution in [1.29, 1.82) is 0 Å². The second-order valence-corrected chi connectivity index (χ2v) is 3.71. The van der Waals surface area contributed by atoms with Crippen LogP contribution in [0.25, 0.3) is 11.4 Å². The lowest BCUT2D eigenvalue weighted by atomic mass is 10.2. The van der Waals surface area contributed by atoms with Crippen LogP contribution in [-0.4, -0.2) is 9.97 Å². The molecule has 0 saturated heterocycles. The Bertz CT molecular complexity index is 434. The summed E-state index contributed by atoms with van der Waals surface area (Å²) >= 11 is 5.81. The molecule has 0 saturated carbocycles. The first-order valence-corrected chi connectivity index (χ1v) is 5.24. The summed E-state index contributed by atoms with van der Waals surface area (Å²) in [6.07, 6.45) is 4.68. The summed E-state index contributed by atoms with van der Waals surface area (Å²) in [5, 5.41) is 0.726. The molecule has 0 aliphatic carbocycles. The summed E-state index contributed by atoms with van der Waals surface area (Å²) in [7, 11) is 0. The van der Waals surface area contributed by atoms with Gasteiger partial charge in [0.15, 0.2) is 5.82 Å². The highest BCUT2D eigenvalue weighted by molar-refractivity contribution is 6.30. The van der Waals surface area contributed by atoms with Crippen molar-refractivity contribution in [3.63, 3.8) is 0 Å². The van der Waals surface area contributed by atoms with Gasteiger partial charge in [0, 0.05) is 23.0 Å². The van der Waals surface area contributed by atoms with Crippen LogP contribution in [0, 0.1) is 0 Å². The molecule has 76 valence electrons. The summed E-state index contributed by atoms with van der Waals surface area (Å²) in [4.78, 5) is 8.59. The fourth-order valence-electron chi connectivity index (χ4n) is 1.29. The van der Waals surface area contributed by atoms with E-state index in [2.05, 4.69) is 16.9 Å². The van der Waals surface area contributed by atoms with E-state index in [1.807, 2.05) is 36.7 Å². The van der Waals surface area contributed by atoms with Crippen molar-refractivity contribution in [2.75, 3.05) is 0 Å². The third kappa shape index (κ3) is 2.34. The molecule has 0 spiro atoms. The van der Waals surface area contributed by atoms with E-state index in [0.717, 1.165) is 28.4 Å². The van der Waals surface area contributed by atoms with Crippen LogP contribution < -0.4 is 0 Å². The minimum atomic E-state index is 0.726. The Morgan fingerprint density at radius 2 is 1.67 bits per heavy atom. The lowest BCUT2D eigenvalue weighted by Crippen LogP contribution is -1.90. The Kier molecular flexibility index (Phi) is 2.97. The number of nitrogens with zero attached hydrogens (tertiary/aromatic N) is 2. The van der Waals surface area contributed by atoms with E-state index in [0.29, 0.717) is 0 Å².